The second kappa shape index (κ2) is 6.55. The quantitative estimate of drug-likeness (QED) is 0.618. The number of aromatic nitrogens is 2. The molecule has 118 valence electrons. The zero-order chi connectivity index (χ0) is 16.4. The lowest BCUT2D eigenvalue weighted by Crippen LogP contribution is -2.29. The summed E-state index contributed by atoms with van der Waals surface area (Å²) in [5.74, 6) is -0.860. The standard InChI is InChI=1S/C14H11BrN4O3S/c15-6-5-10(20)16-14-18-17-11(23-14)7-19-12(21)8-3-1-2-4-9(8)13(19)22/h1-4H,5-7H2,(H,16,18,20). The van der Waals surface area contributed by atoms with Crippen molar-refractivity contribution in [2.24, 2.45) is 0 Å². The van der Waals surface area contributed by atoms with Crippen LogP contribution in [-0.4, -0.2) is 38.1 Å². The van der Waals surface area contributed by atoms with Crippen LogP contribution >= 0.6 is 27.3 Å². The monoisotopic (exact) mass is 394 g/mol. The van der Waals surface area contributed by atoms with E-state index in [1.807, 2.05) is 0 Å². The second-order valence-electron chi connectivity index (χ2n) is 4.73. The van der Waals surface area contributed by atoms with Crippen molar-refractivity contribution in [3.05, 3.63) is 40.4 Å². The Labute approximate surface area is 143 Å². The van der Waals surface area contributed by atoms with E-state index < -0.39 is 0 Å². The van der Waals surface area contributed by atoms with Crippen molar-refractivity contribution in [3.8, 4) is 0 Å². The first-order chi connectivity index (χ1) is 11.1. The molecule has 0 bridgehead atoms. The van der Waals surface area contributed by atoms with Gasteiger partial charge in [0.05, 0.1) is 17.7 Å². The summed E-state index contributed by atoms with van der Waals surface area (Å²) in [5, 5.41) is 11.8. The molecule has 2 heterocycles. The number of amides is 3. The highest BCUT2D eigenvalue weighted by atomic mass is 79.9. The molecule has 0 atom stereocenters. The number of anilines is 1. The molecule has 1 aromatic heterocycles. The molecule has 0 fully saturated rings. The molecule has 0 spiro atoms. The van der Waals surface area contributed by atoms with E-state index in [1.54, 1.807) is 24.3 Å². The van der Waals surface area contributed by atoms with E-state index in [-0.39, 0.29) is 24.3 Å². The minimum absolute atomic E-state index is 0.0400. The first kappa shape index (κ1) is 15.8. The number of fused-ring (bicyclic) bond motifs is 1. The van der Waals surface area contributed by atoms with Crippen LogP contribution in [0.1, 0.15) is 32.1 Å². The molecular formula is C14H11BrN4O3S. The lowest BCUT2D eigenvalue weighted by Gasteiger charge is -2.10. The van der Waals surface area contributed by atoms with Gasteiger partial charge in [-0.3, -0.25) is 19.3 Å². The van der Waals surface area contributed by atoms with Crippen LogP contribution in [-0.2, 0) is 11.3 Å². The highest BCUT2D eigenvalue weighted by Gasteiger charge is 2.35. The van der Waals surface area contributed by atoms with Crippen molar-refractivity contribution >= 4 is 50.1 Å². The molecule has 23 heavy (non-hydrogen) atoms. The smallest absolute Gasteiger partial charge is 0.261 e. The molecule has 1 N–H and O–H groups in total. The zero-order valence-corrected chi connectivity index (χ0v) is 14.2. The third-order valence-corrected chi connectivity index (χ3v) is 4.43. The third-order valence-electron chi connectivity index (χ3n) is 3.21. The molecule has 1 aromatic carbocycles. The molecule has 7 nitrogen and oxygen atoms in total. The first-order valence-corrected chi connectivity index (χ1v) is 8.67. The minimum Gasteiger partial charge on any atom is -0.301 e. The summed E-state index contributed by atoms with van der Waals surface area (Å²) in [6.45, 7) is 0.0400. The van der Waals surface area contributed by atoms with E-state index in [0.29, 0.717) is 33.0 Å². The molecule has 3 amide bonds. The van der Waals surface area contributed by atoms with Gasteiger partial charge in [-0.15, -0.1) is 10.2 Å². The fourth-order valence-corrected chi connectivity index (χ4v) is 3.26. The lowest BCUT2D eigenvalue weighted by molar-refractivity contribution is -0.115. The van der Waals surface area contributed by atoms with Gasteiger partial charge in [0.15, 0.2) is 0 Å². The number of rotatable bonds is 5. The maximum absolute atomic E-state index is 12.3. The summed E-state index contributed by atoms with van der Waals surface area (Å²) >= 11 is 4.32. The Morgan fingerprint density at radius 1 is 1.17 bits per heavy atom. The Kier molecular flexibility index (Phi) is 4.49. The van der Waals surface area contributed by atoms with Gasteiger partial charge >= 0.3 is 0 Å². The van der Waals surface area contributed by atoms with Crippen LogP contribution in [0.2, 0.25) is 0 Å². The van der Waals surface area contributed by atoms with Crippen LogP contribution in [0.25, 0.3) is 0 Å². The Balaban J connectivity index is 1.72. The van der Waals surface area contributed by atoms with Crippen LogP contribution in [0.3, 0.4) is 0 Å². The molecule has 9 heteroatoms. The van der Waals surface area contributed by atoms with Crippen molar-refractivity contribution < 1.29 is 14.4 Å². The van der Waals surface area contributed by atoms with Crippen LogP contribution in [0.15, 0.2) is 24.3 Å². The van der Waals surface area contributed by atoms with Gasteiger partial charge < -0.3 is 5.32 Å². The molecule has 0 saturated carbocycles. The lowest BCUT2D eigenvalue weighted by atomic mass is 10.1. The first-order valence-electron chi connectivity index (χ1n) is 6.73. The average molecular weight is 395 g/mol. The normalized spacial score (nSPS) is 13.3. The van der Waals surface area contributed by atoms with Gasteiger partial charge in [-0.2, -0.15) is 0 Å². The van der Waals surface area contributed by atoms with Crippen LogP contribution in [0.4, 0.5) is 5.13 Å². The number of carbonyl (C=O) groups is 3. The summed E-state index contributed by atoms with van der Waals surface area (Å²) in [6, 6.07) is 6.69. The van der Waals surface area contributed by atoms with Gasteiger partial charge in [0, 0.05) is 11.8 Å². The van der Waals surface area contributed by atoms with E-state index in [4.69, 9.17) is 0 Å². The van der Waals surface area contributed by atoms with Crippen LogP contribution < -0.4 is 5.32 Å². The maximum atomic E-state index is 12.3. The summed E-state index contributed by atoms with van der Waals surface area (Å²) in [4.78, 5) is 37.2. The molecule has 0 radical (unpaired) electrons. The summed E-state index contributed by atoms with van der Waals surface area (Å²) < 4.78 is 0. The molecular weight excluding hydrogens is 384 g/mol. The molecule has 1 aliphatic rings. The predicted molar refractivity (Wildman–Crippen MR) is 87.6 cm³/mol. The van der Waals surface area contributed by atoms with Crippen molar-refractivity contribution in [3.63, 3.8) is 0 Å². The molecule has 0 saturated heterocycles. The van der Waals surface area contributed by atoms with Crippen LogP contribution in [0, 0.1) is 0 Å². The Hall–Kier alpha value is -2.13. The number of benzene rings is 1. The number of halogens is 1. The van der Waals surface area contributed by atoms with Crippen molar-refractivity contribution in [1.29, 1.82) is 0 Å². The summed E-state index contributed by atoms with van der Waals surface area (Å²) in [6.07, 6.45) is 0.327. The van der Waals surface area contributed by atoms with E-state index in [1.165, 1.54) is 0 Å². The van der Waals surface area contributed by atoms with Crippen LogP contribution in [0.5, 0.6) is 0 Å². The average Bonchev–Trinajstić information content (AvgIpc) is 3.07. The number of hydrogen-bond acceptors (Lipinski definition) is 6. The largest absolute Gasteiger partial charge is 0.301 e. The number of hydrogen-bond donors (Lipinski definition) is 1. The highest BCUT2D eigenvalue weighted by Crippen LogP contribution is 2.25. The second-order valence-corrected chi connectivity index (χ2v) is 6.59. The van der Waals surface area contributed by atoms with E-state index in [9.17, 15) is 14.4 Å². The van der Waals surface area contributed by atoms with Gasteiger partial charge in [0.25, 0.3) is 11.8 Å². The van der Waals surface area contributed by atoms with Gasteiger partial charge in [0.1, 0.15) is 5.01 Å². The maximum Gasteiger partial charge on any atom is 0.261 e. The fraction of sp³-hybridized carbons (Fsp3) is 0.214. The molecule has 1 aliphatic heterocycles. The predicted octanol–water partition coefficient (Wildman–Crippen LogP) is 2.06. The number of nitrogens with zero attached hydrogens (tertiary/aromatic N) is 3. The molecule has 3 rings (SSSR count). The number of nitrogens with one attached hydrogen (secondary N) is 1. The van der Waals surface area contributed by atoms with Crippen molar-refractivity contribution in [1.82, 2.24) is 15.1 Å². The van der Waals surface area contributed by atoms with Crippen molar-refractivity contribution in [2.75, 3.05) is 10.6 Å². The fourth-order valence-electron chi connectivity index (χ4n) is 2.15. The van der Waals surface area contributed by atoms with E-state index in [0.717, 1.165) is 16.2 Å². The number of imide groups is 1. The molecule has 0 aliphatic carbocycles. The molecule has 0 unspecified atom stereocenters. The number of alkyl halides is 1. The topological polar surface area (TPSA) is 92.3 Å². The van der Waals surface area contributed by atoms with Gasteiger partial charge in [0.2, 0.25) is 11.0 Å². The Morgan fingerprint density at radius 2 is 1.83 bits per heavy atom. The third kappa shape index (κ3) is 3.15. The van der Waals surface area contributed by atoms with Crippen molar-refractivity contribution in [2.45, 2.75) is 13.0 Å². The number of carbonyl (C=O) groups excluding carboxylic acids is 3. The SMILES string of the molecule is O=C(CCBr)Nc1nnc(CN2C(=O)c3ccccc3C2=O)s1. The molecule has 2 aromatic rings. The van der Waals surface area contributed by atoms with Gasteiger partial charge in [-0.25, -0.2) is 0 Å². The summed E-state index contributed by atoms with van der Waals surface area (Å²) in [5.41, 5.74) is 0.792. The minimum atomic E-state index is -0.342. The Morgan fingerprint density at radius 3 is 2.43 bits per heavy atom. The van der Waals surface area contributed by atoms with E-state index >= 15 is 0 Å². The zero-order valence-electron chi connectivity index (χ0n) is 11.8. The highest BCUT2D eigenvalue weighted by molar-refractivity contribution is 9.09. The van der Waals surface area contributed by atoms with E-state index in [2.05, 4.69) is 31.4 Å². The van der Waals surface area contributed by atoms with Gasteiger partial charge in [-0.1, -0.05) is 39.4 Å². The van der Waals surface area contributed by atoms with Gasteiger partial charge in [-0.05, 0) is 12.1 Å². The Bertz CT molecular complexity index is 757. The summed E-state index contributed by atoms with van der Waals surface area (Å²) in [7, 11) is 0.